The first kappa shape index (κ1) is 28.4. The molecule has 3 aliphatic rings. The number of pyridine rings is 1. The van der Waals surface area contributed by atoms with Gasteiger partial charge in [-0.05, 0) is 56.1 Å². The van der Waals surface area contributed by atoms with Crippen LogP contribution in [0.3, 0.4) is 0 Å². The highest BCUT2D eigenvalue weighted by Gasteiger charge is 2.69. The molecule has 1 amide bonds. The number of carbonyl (C=O) groups excluding carboxylic acids is 5. The summed E-state index contributed by atoms with van der Waals surface area (Å²) in [5.74, 6) is -10.7. The fraction of sp³-hybridized carbons (Fsp3) is 0.448. The number of nitrogens with two attached hydrogens (primary N) is 1. The Balaban J connectivity index is 1.60. The summed E-state index contributed by atoms with van der Waals surface area (Å²) in [6.07, 6.45) is 3.49. The van der Waals surface area contributed by atoms with Crippen molar-refractivity contribution in [1.82, 2.24) is 9.88 Å². The number of hydrogen-bond donors (Lipinski definition) is 4. The molecule has 0 aliphatic heterocycles. The maximum atomic E-state index is 14.1. The van der Waals surface area contributed by atoms with Gasteiger partial charge in [-0.1, -0.05) is 6.07 Å². The predicted molar refractivity (Wildman–Crippen MR) is 147 cm³/mol. The van der Waals surface area contributed by atoms with Gasteiger partial charge < -0.3 is 26.2 Å². The van der Waals surface area contributed by atoms with Gasteiger partial charge in [0.05, 0.1) is 23.2 Å². The van der Waals surface area contributed by atoms with E-state index < -0.39 is 64.4 Å². The summed E-state index contributed by atoms with van der Waals surface area (Å²) >= 11 is 0. The van der Waals surface area contributed by atoms with Crippen LogP contribution in [0.25, 0.3) is 0 Å². The lowest BCUT2D eigenvalue weighted by molar-refractivity contribution is -0.181. The average molecular weight is 564 g/mol. The number of anilines is 2. The Bertz CT molecular complexity index is 1470. The Morgan fingerprint density at radius 2 is 1.88 bits per heavy atom. The molecule has 1 heterocycles. The number of nitrogens with zero attached hydrogens (tertiary/aromatic N) is 3. The minimum Gasteiger partial charge on any atom is -0.505 e. The van der Waals surface area contributed by atoms with Gasteiger partial charge in [0, 0.05) is 44.6 Å². The molecule has 0 radical (unpaired) electrons. The van der Waals surface area contributed by atoms with E-state index in [2.05, 4.69) is 10.3 Å². The molecule has 2 saturated carbocycles. The average Bonchev–Trinajstić information content (AvgIpc) is 2.90. The number of nitrogens with one attached hydrogen (secondary N) is 1. The summed E-state index contributed by atoms with van der Waals surface area (Å²) in [5, 5.41) is 26.2. The van der Waals surface area contributed by atoms with Gasteiger partial charge in [0.2, 0.25) is 5.91 Å². The standard InChI is InChI=1S/C29H33N5O7/c1-33(2)18-10-17(32-12-13-6-5-7-31-11-13)23(35)20-15(18)8-14-9-16-22(34(3)4)25(37)21(28(30)40)27(39)29(16,41)26(38)19(14)24(20)36/h5-7,10-11,14,16,19,21-22,32,35,41H,8-9,12H2,1-4H3,(H2,30,40)/t14-,16-,19?,21?,22?,29-/m1/s1. The van der Waals surface area contributed by atoms with Gasteiger partial charge in [-0.3, -0.25) is 33.9 Å². The molecule has 3 unspecified atom stereocenters. The van der Waals surface area contributed by atoms with E-state index in [0.717, 1.165) is 5.56 Å². The van der Waals surface area contributed by atoms with E-state index >= 15 is 0 Å². The van der Waals surface area contributed by atoms with E-state index in [1.54, 1.807) is 57.6 Å². The second-order valence-corrected chi connectivity index (χ2v) is 11.5. The van der Waals surface area contributed by atoms with Crippen LogP contribution in [0.1, 0.15) is 27.9 Å². The van der Waals surface area contributed by atoms with Gasteiger partial charge in [0.1, 0.15) is 5.75 Å². The SMILES string of the molecule is CN(C)c1cc(NCc2cccnc2)c(O)c2c1C[C@@H]1C[C@@H]3C(N(C)C)C(=O)C(C(N)=O)C(=O)[C@]3(O)C(=O)C1C2=O. The number of carbonyl (C=O) groups is 5. The Kier molecular flexibility index (Phi) is 6.94. The second-order valence-electron chi connectivity index (χ2n) is 11.5. The van der Waals surface area contributed by atoms with Crippen molar-refractivity contribution in [3.05, 3.63) is 47.3 Å². The zero-order chi connectivity index (χ0) is 30.0. The van der Waals surface area contributed by atoms with E-state index in [-0.39, 0.29) is 29.8 Å². The van der Waals surface area contributed by atoms with Crippen molar-refractivity contribution in [3.8, 4) is 5.75 Å². The molecule has 1 aromatic carbocycles. The number of phenolic OH excluding ortho intramolecular Hbond substituents is 1. The van der Waals surface area contributed by atoms with Gasteiger partial charge in [0.25, 0.3) is 0 Å². The minimum atomic E-state index is -2.76. The van der Waals surface area contributed by atoms with E-state index in [0.29, 0.717) is 17.8 Å². The lowest BCUT2D eigenvalue weighted by Gasteiger charge is -2.52. The number of Topliss-reactive ketones (excluding diaryl/α,β-unsaturated/α-hetero) is 4. The van der Waals surface area contributed by atoms with Crippen LogP contribution in [-0.4, -0.2) is 89.0 Å². The largest absolute Gasteiger partial charge is 0.505 e. The molecule has 6 atom stereocenters. The van der Waals surface area contributed by atoms with Crippen molar-refractivity contribution in [1.29, 1.82) is 0 Å². The number of ketones is 4. The second kappa shape index (κ2) is 10.0. The molecule has 12 nitrogen and oxygen atoms in total. The Hall–Kier alpha value is -4.16. The smallest absolute Gasteiger partial charge is 0.235 e. The van der Waals surface area contributed by atoms with Crippen LogP contribution < -0.4 is 16.0 Å². The summed E-state index contributed by atoms with van der Waals surface area (Å²) in [6, 6.07) is 4.21. The van der Waals surface area contributed by atoms with Crippen LogP contribution in [0.15, 0.2) is 30.6 Å². The van der Waals surface area contributed by atoms with Crippen LogP contribution in [-0.2, 0) is 32.1 Å². The third-order valence-corrected chi connectivity index (χ3v) is 8.73. The predicted octanol–water partition coefficient (Wildman–Crippen LogP) is -0.0599. The van der Waals surface area contributed by atoms with Crippen molar-refractivity contribution < 1.29 is 34.2 Å². The fourth-order valence-corrected chi connectivity index (χ4v) is 6.89. The van der Waals surface area contributed by atoms with Crippen molar-refractivity contribution in [2.24, 2.45) is 29.4 Å². The molecule has 12 heteroatoms. The first-order valence-electron chi connectivity index (χ1n) is 13.3. The highest BCUT2D eigenvalue weighted by Crippen LogP contribution is 2.52. The number of aromatic nitrogens is 1. The molecule has 5 N–H and O–H groups in total. The number of primary amides is 1. The minimum absolute atomic E-state index is 0.00145. The fourth-order valence-electron chi connectivity index (χ4n) is 6.89. The van der Waals surface area contributed by atoms with Crippen LogP contribution in [0.4, 0.5) is 11.4 Å². The Morgan fingerprint density at radius 3 is 2.46 bits per heavy atom. The molecule has 41 heavy (non-hydrogen) atoms. The summed E-state index contributed by atoms with van der Waals surface area (Å²) in [7, 11) is 6.70. The van der Waals surface area contributed by atoms with Gasteiger partial charge in [-0.25, -0.2) is 0 Å². The van der Waals surface area contributed by atoms with Crippen molar-refractivity contribution in [2.75, 3.05) is 38.4 Å². The summed E-state index contributed by atoms with van der Waals surface area (Å²) < 4.78 is 0. The maximum Gasteiger partial charge on any atom is 0.235 e. The zero-order valence-electron chi connectivity index (χ0n) is 23.2. The number of rotatable bonds is 6. The zero-order valence-corrected chi connectivity index (χ0v) is 23.2. The topological polar surface area (TPSA) is 183 Å². The number of aromatic hydroxyl groups is 1. The van der Waals surface area contributed by atoms with Crippen molar-refractivity contribution >= 4 is 40.4 Å². The Morgan fingerprint density at radius 1 is 1.17 bits per heavy atom. The molecule has 0 saturated heterocycles. The lowest BCUT2D eigenvalue weighted by atomic mass is 9.52. The van der Waals surface area contributed by atoms with Gasteiger partial charge in [-0.2, -0.15) is 0 Å². The van der Waals surface area contributed by atoms with Crippen LogP contribution >= 0.6 is 0 Å². The quantitative estimate of drug-likeness (QED) is 0.273. The first-order valence-corrected chi connectivity index (χ1v) is 13.3. The highest BCUT2D eigenvalue weighted by atomic mass is 16.3. The van der Waals surface area contributed by atoms with Gasteiger partial charge in [0.15, 0.2) is 34.7 Å². The third-order valence-electron chi connectivity index (χ3n) is 8.73. The maximum absolute atomic E-state index is 14.1. The highest BCUT2D eigenvalue weighted by molar-refractivity contribution is 6.32. The molecular weight excluding hydrogens is 530 g/mol. The number of benzene rings is 1. The summed E-state index contributed by atoms with van der Waals surface area (Å²) in [5.41, 5.74) is 4.85. The van der Waals surface area contributed by atoms with Gasteiger partial charge in [-0.15, -0.1) is 0 Å². The van der Waals surface area contributed by atoms with Crippen molar-refractivity contribution in [3.63, 3.8) is 0 Å². The number of likely N-dealkylation sites (N-methyl/N-ethyl adjacent to an activating group) is 1. The van der Waals surface area contributed by atoms with E-state index in [4.69, 9.17) is 5.73 Å². The summed E-state index contributed by atoms with van der Waals surface area (Å²) in [6.45, 7) is 0.302. The normalized spacial score (nSPS) is 29.1. The van der Waals surface area contributed by atoms with Crippen LogP contribution in [0, 0.1) is 23.7 Å². The molecule has 2 fully saturated rings. The first-order chi connectivity index (χ1) is 19.3. The molecule has 0 spiro atoms. The number of fused-ring (bicyclic) bond motifs is 3. The monoisotopic (exact) mass is 563 g/mol. The van der Waals surface area contributed by atoms with E-state index in [9.17, 15) is 34.2 Å². The van der Waals surface area contributed by atoms with Crippen LogP contribution in [0.5, 0.6) is 5.75 Å². The molecule has 3 aliphatic carbocycles. The molecular formula is C29H33N5O7. The summed E-state index contributed by atoms with van der Waals surface area (Å²) in [4.78, 5) is 74.3. The van der Waals surface area contributed by atoms with Crippen LogP contribution in [0.2, 0.25) is 0 Å². The number of aliphatic hydroxyl groups is 1. The van der Waals surface area contributed by atoms with E-state index in [1.807, 2.05) is 6.07 Å². The number of phenols is 1. The van der Waals surface area contributed by atoms with E-state index in [1.165, 1.54) is 4.90 Å². The van der Waals surface area contributed by atoms with Crippen molar-refractivity contribution in [2.45, 2.75) is 31.0 Å². The third kappa shape index (κ3) is 4.20. The number of amides is 1. The molecule has 2 aromatic rings. The molecule has 1 aromatic heterocycles. The number of hydrogen-bond acceptors (Lipinski definition) is 11. The van der Waals surface area contributed by atoms with Gasteiger partial charge >= 0.3 is 0 Å². The molecule has 216 valence electrons. The Labute approximate surface area is 236 Å². The lowest BCUT2D eigenvalue weighted by Crippen LogP contribution is -2.74. The molecule has 0 bridgehead atoms. The molecule has 5 rings (SSSR count).